The van der Waals surface area contributed by atoms with Crippen molar-refractivity contribution in [3.8, 4) is 0 Å². The van der Waals surface area contributed by atoms with Gasteiger partial charge in [-0.15, -0.1) is 11.6 Å². The van der Waals surface area contributed by atoms with Crippen molar-refractivity contribution in [2.45, 2.75) is 25.8 Å². The highest BCUT2D eigenvalue weighted by atomic mass is 35.5. The summed E-state index contributed by atoms with van der Waals surface area (Å²) in [7, 11) is 0. The van der Waals surface area contributed by atoms with Crippen molar-refractivity contribution in [2.24, 2.45) is 0 Å². The van der Waals surface area contributed by atoms with Gasteiger partial charge in [0.05, 0.1) is 0 Å². The van der Waals surface area contributed by atoms with E-state index in [9.17, 15) is 4.79 Å². The molecule has 124 valence electrons. The lowest BCUT2D eigenvalue weighted by Gasteiger charge is -2.06. The van der Waals surface area contributed by atoms with Crippen molar-refractivity contribution in [1.82, 2.24) is 10.3 Å². The van der Waals surface area contributed by atoms with E-state index in [4.69, 9.17) is 11.6 Å². The van der Waals surface area contributed by atoms with E-state index in [1.807, 2.05) is 54.7 Å². The van der Waals surface area contributed by atoms with Gasteiger partial charge in [0.2, 0.25) is 0 Å². The van der Waals surface area contributed by atoms with Crippen LogP contribution < -0.4 is 5.32 Å². The van der Waals surface area contributed by atoms with Crippen LogP contribution in [0.2, 0.25) is 0 Å². The molecule has 2 N–H and O–H groups in total. The second kappa shape index (κ2) is 8.02. The first-order valence-corrected chi connectivity index (χ1v) is 8.79. The summed E-state index contributed by atoms with van der Waals surface area (Å²) >= 11 is 5.75. The maximum atomic E-state index is 12.4. The number of fused-ring (bicyclic) bond motifs is 1. The molecule has 0 bridgehead atoms. The van der Waals surface area contributed by atoms with Crippen LogP contribution in [0.4, 0.5) is 0 Å². The molecule has 0 aliphatic heterocycles. The summed E-state index contributed by atoms with van der Waals surface area (Å²) in [4.78, 5) is 15.7. The normalized spacial score (nSPS) is 10.9. The first-order valence-electron chi connectivity index (χ1n) is 8.26. The van der Waals surface area contributed by atoms with Gasteiger partial charge < -0.3 is 10.3 Å². The molecule has 0 spiro atoms. The van der Waals surface area contributed by atoms with Crippen LogP contribution in [0, 0.1) is 0 Å². The SMILES string of the molecule is O=C(NCc1ccccc1)c1ccc2[nH]cc(CCCCCl)c2c1. The number of nitrogens with one attached hydrogen (secondary N) is 2. The van der Waals surface area contributed by atoms with E-state index in [0.29, 0.717) is 18.0 Å². The predicted molar refractivity (Wildman–Crippen MR) is 99.6 cm³/mol. The Morgan fingerprint density at radius 3 is 2.71 bits per heavy atom. The Kier molecular flexibility index (Phi) is 5.55. The molecule has 3 nitrogen and oxygen atoms in total. The molecule has 3 rings (SSSR count). The molecular weight excluding hydrogens is 320 g/mol. The first-order chi connectivity index (χ1) is 11.8. The number of H-pyrrole nitrogens is 1. The standard InChI is InChI=1S/C20H21ClN2O/c21-11-5-4-8-17-14-22-19-10-9-16(12-18(17)19)20(24)23-13-15-6-2-1-3-7-15/h1-3,6-7,9-10,12,14,22H,4-5,8,11,13H2,(H,23,24). The van der Waals surface area contributed by atoms with Gasteiger partial charge in [-0.1, -0.05) is 30.3 Å². The predicted octanol–water partition coefficient (Wildman–Crippen LogP) is 4.66. The second-order valence-corrected chi connectivity index (χ2v) is 6.27. The Hall–Kier alpha value is -2.26. The molecule has 0 unspecified atom stereocenters. The van der Waals surface area contributed by atoms with Crippen LogP contribution in [-0.4, -0.2) is 16.8 Å². The highest BCUT2D eigenvalue weighted by Gasteiger charge is 2.09. The monoisotopic (exact) mass is 340 g/mol. The van der Waals surface area contributed by atoms with Gasteiger partial charge in [0.25, 0.3) is 5.91 Å². The number of halogens is 1. The number of amides is 1. The molecule has 1 aromatic heterocycles. The summed E-state index contributed by atoms with van der Waals surface area (Å²) in [5, 5.41) is 4.10. The highest BCUT2D eigenvalue weighted by molar-refractivity contribution is 6.17. The van der Waals surface area contributed by atoms with E-state index in [2.05, 4.69) is 10.3 Å². The van der Waals surface area contributed by atoms with Crippen LogP contribution >= 0.6 is 11.6 Å². The fraction of sp³-hybridized carbons (Fsp3) is 0.250. The van der Waals surface area contributed by atoms with Crippen LogP contribution in [0.15, 0.2) is 54.7 Å². The van der Waals surface area contributed by atoms with Crippen molar-refractivity contribution in [2.75, 3.05) is 5.88 Å². The summed E-state index contributed by atoms with van der Waals surface area (Å²) in [6.07, 6.45) is 5.07. The molecule has 0 aliphatic rings. The summed E-state index contributed by atoms with van der Waals surface area (Å²) in [5.41, 5.74) is 4.09. The molecule has 0 radical (unpaired) electrons. The number of alkyl halides is 1. The van der Waals surface area contributed by atoms with Crippen molar-refractivity contribution in [3.05, 3.63) is 71.4 Å². The third-order valence-corrected chi connectivity index (χ3v) is 4.42. The van der Waals surface area contributed by atoms with Crippen LogP contribution in [-0.2, 0) is 13.0 Å². The molecular formula is C20H21ClN2O. The van der Waals surface area contributed by atoms with Crippen LogP contribution in [0.25, 0.3) is 10.9 Å². The van der Waals surface area contributed by atoms with Gasteiger partial charge in [0.1, 0.15) is 0 Å². The molecule has 4 heteroatoms. The summed E-state index contributed by atoms with van der Waals surface area (Å²) in [5.74, 6) is 0.642. The minimum Gasteiger partial charge on any atom is -0.361 e. The van der Waals surface area contributed by atoms with E-state index >= 15 is 0 Å². The third kappa shape index (κ3) is 3.98. The largest absolute Gasteiger partial charge is 0.361 e. The average molecular weight is 341 g/mol. The molecule has 3 aromatic rings. The van der Waals surface area contributed by atoms with Gasteiger partial charge in [-0.3, -0.25) is 4.79 Å². The fourth-order valence-electron chi connectivity index (χ4n) is 2.82. The average Bonchev–Trinajstić information content (AvgIpc) is 3.03. The van der Waals surface area contributed by atoms with Crippen molar-refractivity contribution < 1.29 is 4.79 Å². The Morgan fingerprint density at radius 2 is 1.92 bits per heavy atom. The van der Waals surface area contributed by atoms with Gasteiger partial charge >= 0.3 is 0 Å². The van der Waals surface area contributed by atoms with Gasteiger partial charge in [-0.05, 0) is 48.6 Å². The second-order valence-electron chi connectivity index (χ2n) is 5.89. The summed E-state index contributed by atoms with van der Waals surface area (Å²) in [6.45, 7) is 0.535. The lowest BCUT2D eigenvalue weighted by atomic mass is 10.0. The van der Waals surface area contributed by atoms with E-state index in [0.717, 1.165) is 35.7 Å². The Morgan fingerprint density at radius 1 is 1.08 bits per heavy atom. The topological polar surface area (TPSA) is 44.9 Å². The minimum atomic E-state index is -0.0475. The molecule has 0 saturated carbocycles. The van der Waals surface area contributed by atoms with Crippen molar-refractivity contribution in [3.63, 3.8) is 0 Å². The number of rotatable bonds is 7. The minimum absolute atomic E-state index is 0.0475. The number of aromatic amines is 1. The smallest absolute Gasteiger partial charge is 0.251 e. The third-order valence-electron chi connectivity index (χ3n) is 4.16. The van der Waals surface area contributed by atoms with Crippen LogP contribution in [0.5, 0.6) is 0 Å². The van der Waals surface area contributed by atoms with E-state index in [1.165, 1.54) is 5.56 Å². The lowest BCUT2D eigenvalue weighted by molar-refractivity contribution is 0.0951. The van der Waals surface area contributed by atoms with E-state index in [-0.39, 0.29) is 5.91 Å². The highest BCUT2D eigenvalue weighted by Crippen LogP contribution is 2.21. The molecule has 0 atom stereocenters. The van der Waals surface area contributed by atoms with Gasteiger partial charge in [-0.2, -0.15) is 0 Å². The first kappa shape index (κ1) is 16.6. The number of carbonyl (C=O) groups excluding carboxylic acids is 1. The Labute approximate surface area is 147 Å². The maximum Gasteiger partial charge on any atom is 0.251 e. The quantitative estimate of drug-likeness (QED) is 0.477. The zero-order chi connectivity index (χ0) is 16.8. The molecule has 0 saturated heterocycles. The number of aromatic nitrogens is 1. The number of hydrogen-bond donors (Lipinski definition) is 2. The zero-order valence-electron chi connectivity index (χ0n) is 13.5. The Bertz CT molecular complexity index is 811. The van der Waals surface area contributed by atoms with E-state index in [1.54, 1.807) is 0 Å². The lowest BCUT2D eigenvalue weighted by Crippen LogP contribution is -2.22. The summed E-state index contributed by atoms with van der Waals surface area (Å²) < 4.78 is 0. The molecule has 24 heavy (non-hydrogen) atoms. The molecule has 0 aliphatic carbocycles. The fourth-order valence-corrected chi connectivity index (χ4v) is 3.01. The van der Waals surface area contributed by atoms with Gasteiger partial charge in [0.15, 0.2) is 0 Å². The number of carbonyl (C=O) groups is 1. The number of hydrogen-bond acceptors (Lipinski definition) is 1. The van der Waals surface area contributed by atoms with Crippen LogP contribution in [0.3, 0.4) is 0 Å². The zero-order valence-corrected chi connectivity index (χ0v) is 14.3. The van der Waals surface area contributed by atoms with Crippen molar-refractivity contribution in [1.29, 1.82) is 0 Å². The Balaban J connectivity index is 1.71. The molecule has 2 aromatic carbocycles. The van der Waals surface area contributed by atoms with Crippen LogP contribution in [0.1, 0.15) is 34.3 Å². The number of aryl methyl sites for hydroxylation is 1. The molecule has 1 amide bonds. The van der Waals surface area contributed by atoms with Crippen molar-refractivity contribution >= 4 is 28.4 Å². The summed E-state index contributed by atoms with van der Waals surface area (Å²) in [6, 6.07) is 15.7. The maximum absolute atomic E-state index is 12.4. The van der Waals surface area contributed by atoms with E-state index < -0.39 is 0 Å². The van der Waals surface area contributed by atoms with Gasteiger partial charge in [-0.25, -0.2) is 0 Å². The number of unbranched alkanes of at least 4 members (excludes halogenated alkanes) is 1. The number of benzene rings is 2. The molecule has 1 heterocycles. The molecule has 0 fully saturated rings. The van der Waals surface area contributed by atoms with Gasteiger partial charge in [0, 0.05) is 35.1 Å².